The Bertz CT molecular complexity index is 873. The van der Waals surface area contributed by atoms with Gasteiger partial charge in [0.05, 0.1) is 25.2 Å². The molecule has 1 amide bonds. The highest BCUT2D eigenvalue weighted by Gasteiger charge is 2.24. The highest BCUT2D eigenvalue weighted by Crippen LogP contribution is 2.18. The van der Waals surface area contributed by atoms with Crippen molar-refractivity contribution in [2.75, 3.05) is 6.61 Å². The molecule has 0 aliphatic rings. The van der Waals surface area contributed by atoms with E-state index in [2.05, 4.69) is 50.4 Å². The van der Waals surface area contributed by atoms with Gasteiger partial charge < -0.3 is 20.3 Å². The van der Waals surface area contributed by atoms with Crippen LogP contribution in [0.5, 0.6) is 0 Å². The lowest BCUT2D eigenvalue weighted by Gasteiger charge is -2.24. The normalized spacial score (nSPS) is 13.5. The average Bonchev–Trinajstić information content (AvgIpc) is 3.18. The fraction of sp³-hybridized carbons (Fsp3) is 0.878. The Hall–Kier alpha value is -1.66. The number of amides is 1. The third-order valence-electron chi connectivity index (χ3n) is 11.0. The van der Waals surface area contributed by atoms with Crippen LogP contribution in [0.1, 0.15) is 252 Å². The first-order chi connectivity index (χ1) is 27.0. The maximum absolute atomic E-state index is 13.1. The van der Waals surface area contributed by atoms with Gasteiger partial charge in [0, 0.05) is 6.42 Å². The van der Waals surface area contributed by atoms with Gasteiger partial charge in [-0.1, -0.05) is 212 Å². The van der Waals surface area contributed by atoms with Crippen molar-refractivity contribution in [2.45, 2.75) is 270 Å². The SMILES string of the molecule is CC/C=C/C/C=C/CCCCCCCC(CC(=O)NC(CO)C(O)CCCCCCCCCCCCCC)OC(=O)CCCCCCCCCCCCCC. The van der Waals surface area contributed by atoms with Gasteiger partial charge in [-0.3, -0.25) is 9.59 Å². The minimum atomic E-state index is -0.786. The van der Waals surface area contributed by atoms with E-state index in [9.17, 15) is 19.8 Å². The molecule has 0 aromatic carbocycles. The number of carbonyl (C=O) groups excluding carboxylic acids is 2. The van der Waals surface area contributed by atoms with E-state index in [4.69, 9.17) is 4.74 Å². The summed E-state index contributed by atoms with van der Waals surface area (Å²) in [6.45, 7) is 6.37. The molecule has 0 heterocycles. The minimum Gasteiger partial charge on any atom is -0.462 e. The van der Waals surface area contributed by atoms with Crippen LogP contribution in [0.4, 0.5) is 0 Å². The summed E-state index contributed by atoms with van der Waals surface area (Å²) >= 11 is 0. The molecule has 3 atom stereocenters. The molecule has 55 heavy (non-hydrogen) atoms. The first-order valence-electron chi connectivity index (χ1n) is 24.1. The quantitative estimate of drug-likeness (QED) is 0.0326. The van der Waals surface area contributed by atoms with Crippen LogP contribution >= 0.6 is 0 Å². The summed E-state index contributed by atoms with van der Waals surface area (Å²) in [6.07, 6.45) is 48.0. The number of rotatable bonds is 43. The number of aliphatic hydroxyl groups is 2. The molecular weight excluding hydrogens is 683 g/mol. The van der Waals surface area contributed by atoms with Crippen molar-refractivity contribution in [3.8, 4) is 0 Å². The van der Waals surface area contributed by atoms with E-state index in [-0.39, 0.29) is 24.9 Å². The number of nitrogens with one attached hydrogen (secondary N) is 1. The Morgan fingerprint density at radius 3 is 1.47 bits per heavy atom. The smallest absolute Gasteiger partial charge is 0.306 e. The molecule has 0 rings (SSSR count). The van der Waals surface area contributed by atoms with Gasteiger partial charge in [0.1, 0.15) is 6.10 Å². The fourth-order valence-electron chi connectivity index (χ4n) is 7.41. The Morgan fingerprint density at radius 1 is 0.545 bits per heavy atom. The lowest BCUT2D eigenvalue weighted by molar-refractivity contribution is -0.151. The van der Waals surface area contributed by atoms with Crippen molar-refractivity contribution in [3.05, 3.63) is 24.3 Å². The predicted molar refractivity (Wildman–Crippen MR) is 236 cm³/mol. The van der Waals surface area contributed by atoms with E-state index < -0.39 is 18.2 Å². The molecule has 0 aliphatic heterocycles. The van der Waals surface area contributed by atoms with Crippen molar-refractivity contribution in [3.63, 3.8) is 0 Å². The zero-order valence-electron chi connectivity index (χ0n) is 36.8. The van der Waals surface area contributed by atoms with Crippen LogP contribution in [-0.2, 0) is 14.3 Å². The third-order valence-corrected chi connectivity index (χ3v) is 11.0. The lowest BCUT2D eigenvalue weighted by atomic mass is 10.0. The van der Waals surface area contributed by atoms with Crippen LogP contribution in [0.25, 0.3) is 0 Å². The molecule has 3 N–H and O–H groups in total. The zero-order valence-corrected chi connectivity index (χ0v) is 36.8. The Labute approximate surface area is 341 Å². The average molecular weight is 776 g/mol. The van der Waals surface area contributed by atoms with Gasteiger partial charge >= 0.3 is 5.97 Å². The maximum atomic E-state index is 13.1. The summed E-state index contributed by atoms with van der Waals surface area (Å²) in [5.41, 5.74) is 0. The second-order valence-corrected chi connectivity index (χ2v) is 16.5. The molecule has 0 fully saturated rings. The molecule has 324 valence electrons. The van der Waals surface area contributed by atoms with E-state index in [1.807, 2.05) is 0 Å². The maximum Gasteiger partial charge on any atom is 0.306 e. The second kappa shape index (κ2) is 43.5. The number of allylic oxidation sites excluding steroid dienone is 4. The summed E-state index contributed by atoms with van der Waals surface area (Å²) < 4.78 is 5.91. The summed E-state index contributed by atoms with van der Waals surface area (Å²) in [7, 11) is 0. The molecule has 0 aliphatic carbocycles. The van der Waals surface area contributed by atoms with Crippen LogP contribution in [-0.4, -0.2) is 46.9 Å². The third kappa shape index (κ3) is 39.0. The fourth-order valence-corrected chi connectivity index (χ4v) is 7.41. The van der Waals surface area contributed by atoms with E-state index >= 15 is 0 Å². The summed E-state index contributed by atoms with van der Waals surface area (Å²) in [5.74, 6) is -0.479. The van der Waals surface area contributed by atoms with Crippen molar-refractivity contribution in [1.82, 2.24) is 5.32 Å². The first-order valence-corrected chi connectivity index (χ1v) is 24.1. The molecule has 0 radical (unpaired) electrons. The van der Waals surface area contributed by atoms with Crippen LogP contribution in [0.2, 0.25) is 0 Å². The largest absolute Gasteiger partial charge is 0.462 e. The second-order valence-electron chi connectivity index (χ2n) is 16.5. The van der Waals surface area contributed by atoms with Crippen molar-refractivity contribution in [1.29, 1.82) is 0 Å². The van der Waals surface area contributed by atoms with E-state index in [1.54, 1.807) is 0 Å². The van der Waals surface area contributed by atoms with Gasteiger partial charge in [-0.15, -0.1) is 0 Å². The number of aliphatic hydroxyl groups excluding tert-OH is 2. The van der Waals surface area contributed by atoms with Crippen molar-refractivity contribution >= 4 is 11.9 Å². The highest BCUT2D eigenvalue weighted by molar-refractivity contribution is 5.77. The van der Waals surface area contributed by atoms with Crippen molar-refractivity contribution < 1.29 is 24.5 Å². The number of hydrogen-bond donors (Lipinski definition) is 3. The Kier molecular flexibility index (Phi) is 42.2. The number of unbranched alkanes of at least 4 members (excludes halogenated alkanes) is 27. The molecule has 3 unspecified atom stereocenters. The molecule has 0 saturated heterocycles. The Morgan fingerprint density at radius 2 is 0.982 bits per heavy atom. The molecule has 0 saturated carbocycles. The summed E-state index contributed by atoms with van der Waals surface area (Å²) in [5, 5.41) is 23.7. The minimum absolute atomic E-state index is 0.0727. The molecule has 0 aromatic heterocycles. The predicted octanol–water partition coefficient (Wildman–Crippen LogP) is 14.0. The number of esters is 1. The number of ether oxygens (including phenoxy) is 1. The van der Waals surface area contributed by atoms with Crippen LogP contribution in [0, 0.1) is 0 Å². The molecule has 6 nitrogen and oxygen atoms in total. The van der Waals surface area contributed by atoms with Crippen LogP contribution < -0.4 is 5.32 Å². The molecule has 0 aromatic rings. The molecule has 0 spiro atoms. The summed E-state index contributed by atoms with van der Waals surface area (Å²) in [6, 6.07) is -0.700. The number of carbonyl (C=O) groups is 2. The molecule has 6 heteroatoms. The molecular formula is C49H93NO5. The van der Waals surface area contributed by atoms with E-state index in [0.717, 1.165) is 70.6 Å². The monoisotopic (exact) mass is 776 g/mol. The van der Waals surface area contributed by atoms with Gasteiger partial charge in [0.2, 0.25) is 5.91 Å². The van der Waals surface area contributed by atoms with Crippen LogP contribution in [0.3, 0.4) is 0 Å². The Balaban J connectivity index is 4.57. The van der Waals surface area contributed by atoms with Gasteiger partial charge in [-0.2, -0.15) is 0 Å². The van der Waals surface area contributed by atoms with E-state index in [1.165, 1.54) is 135 Å². The van der Waals surface area contributed by atoms with Gasteiger partial charge in [-0.25, -0.2) is 0 Å². The highest BCUT2D eigenvalue weighted by atomic mass is 16.5. The van der Waals surface area contributed by atoms with Gasteiger partial charge in [-0.05, 0) is 51.4 Å². The number of hydrogen-bond acceptors (Lipinski definition) is 5. The van der Waals surface area contributed by atoms with Gasteiger partial charge in [0.25, 0.3) is 0 Å². The first kappa shape index (κ1) is 53.3. The molecule has 0 bridgehead atoms. The zero-order chi connectivity index (χ0) is 40.3. The van der Waals surface area contributed by atoms with E-state index in [0.29, 0.717) is 19.3 Å². The lowest BCUT2D eigenvalue weighted by Crippen LogP contribution is -2.46. The standard InChI is InChI=1S/C49H93NO5/c1-4-7-10-13-16-19-22-25-28-31-34-37-40-45(55-49(54)42-39-36-33-30-27-24-21-18-15-12-9-6-3)43-48(53)50-46(44-51)47(52)41-38-35-32-29-26-23-20-17-14-11-8-5-2/h7,10,16,19,45-47,51-52H,4-6,8-9,11-15,17-18,20-44H2,1-3H3,(H,50,53)/b10-7+,19-16+. The van der Waals surface area contributed by atoms with Gasteiger partial charge in [0.15, 0.2) is 0 Å². The van der Waals surface area contributed by atoms with Crippen LogP contribution in [0.15, 0.2) is 24.3 Å². The summed E-state index contributed by atoms with van der Waals surface area (Å²) in [4.78, 5) is 26.0. The topological polar surface area (TPSA) is 95.9 Å². The van der Waals surface area contributed by atoms with Crippen molar-refractivity contribution in [2.24, 2.45) is 0 Å².